The summed E-state index contributed by atoms with van der Waals surface area (Å²) in [6.07, 6.45) is -0.469. The number of nitrogens with zero attached hydrogens (tertiary/aromatic N) is 2. The number of carbonyl (C=O) groups is 2. The second-order valence-corrected chi connectivity index (χ2v) is 15.0. The molecule has 2 amide bonds. The highest BCUT2D eigenvalue weighted by Crippen LogP contribution is 2.43. The zero-order chi connectivity index (χ0) is 27.8. The number of anilines is 1. The number of hydrogen-bond acceptors (Lipinski definition) is 6. The van der Waals surface area contributed by atoms with Gasteiger partial charge in [-0.25, -0.2) is 13.2 Å². The first kappa shape index (κ1) is 28.6. The van der Waals surface area contributed by atoms with E-state index in [-0.39, 0.29) is 29.2 Å². The Morgan fingerprint density at radius 3 is 2.39 bits per heavy atom. The van der Waals surface area contributed by atoms with Crippen LogP contribution in [0.1, 0.15) is 37.5 Å². The molecular formula is C27H32BrN3O5S2. The predicted octanol–water partition coefficient (Wildman–Crippen LogP) is 4.80. The van der Waals surface area contributed by atoms with Crippen LogP contribution < -0.4 is 10.2 Å². The van der Waals surface area contributed by atoms with Crippen molar-refractivity contribution in [1.29, 1.82) is 0 Å². The highest BCUT2D eigenvalue weighted by atomic mass is 79.9. The average Bonchev–Trinajstić information content (AvgIpc) is 3.23. The summed E-state index contributed by atoms with van der Waals surface area (Å²) < 4.78 is 31.3. The highest BCUT2D eigenvalue weighted by Gasteiger charge is 2.50. The number of nitrogens with one attached hydrogen (secondary N) is 1. The minimum absolute atomic E-state index is 0.00355. The standard InChI is InChI=1S/C27H32BrN3O5S2/c1-16-11-19(28)12-17(2)23(16)31-21-14-38(34,35)15-22(21)37-25(31)30-24(32)20(13-18-9-7-6-8-10-18)29-26(33)36-27(3,4)5/h6-12,20-22H,13-15H2,1-5H3,(H,29,33)/t20-,21-,22-/m1/s1. The fraction of sp³-hybridized carbons (Fsp3) is 0.444. The van der Waals surface area contributed by atoms with Crippen LogP contribution in [0.2, 0.25) is 0 Å². The predicted molar refractivity (Wildman–Crippen MR) is 156 cm³/mol. The van der Waals surface area contributed by atoms with E-state index in [0.717, 1.165) is 26.9 Å². The van der Waals surface area contributed by atoms with Crippen molar-refractivity contribution in [2.75, 3.05) is 16.4 Å². The molecule has 2 aromatic rings. The van der Waals surface area contributed by atoms with E-state index in [1.807, 2.05) is 61.2 Å². The number of alkyl carbamates (subject to hydrolysis) is 1. The van der Waals surface area contributed by atoms with Gasteiger partial charge in [0.25, 0.3) is 5.91 Å². The van der Waals surface area contributed by atoms with E-state index in [9.17, 15) is 18.0 Å². The Hall–Kier alpha value is -2.37. The number of aryl methyl sites for hydroxylation is 2. The third kappa shape index (κ3) is 6.79. The Morgan fingerprint density at radius 1 is 1.16 bits per heavy atom. The van der Waals surface area contributed by atoms with Crippen molar-refractivity contribution in [3.63, 3.8) is 0 Å². The third-order valence-corrected chi connectivity index (χ3v) is 9.91. The quantitative estimate of drug-likeness (QED) is 0.511. The molecule has 8 nitrogen and oxygen atoms in total. The first-order valence-electron chi connectivity index (χ1n) is 12.3. The smallest absolute Gasteiger partial charge is 0.408 e. The molecule has 0 unspecified atom stereocenters. The Kier molecular flexibility index (Phi) is 8.30. The minimum Gasteiger partial charge on any atom is -0.444 e. The van der Waals surface area contributed by atoms with Gasteiger partial charge < -0.3 is 15.0 Å². The summed E-state index contributed by atoms with van der Waals surface area (Å²) in [6, 6.07) is 12.0. The van der Waals surface area contributed by atoms with Crippen LogP contribution in [0.3, 0.4) is 0 Å². The first-order valence-corrected chi connectivity index (χ1v) is 15.8. The Balaban J connectivity index is 1.70. The molecular weight excluding hydrogens is 590 g/mol. The number of rotatable bonds is 5. The second kappa shape index (κ2) is 11.0. The van der Waals surface area contributed by atoms with Crippen LogP contribution in [0.5, 0.6) is 0 Å². The molecule has 3 atom stereocenters. The lowest BCUT2D eigenvalue weighted by atomic mass is 10.1. The first-order chi connectivity index (χ1) is 17.7. The van der Waals surface area contributed by atoms with E-state index < -0.39 is 33.5 Å². The van der Waals surface area contributed by atoms with Crippen LogP contribution in [0, 0.1) is 13.8 Å². The lowest BCUT2D eigenvalue weighted by Gasteiger charge is -2.28. The van der Waals surface area contributed by atoms with Crippen LogP contribution in [0.4, 0.5) is 10.5 Å². The van der Waals surface area contributed by atoms with E-state index in [1.165, 1.54) is 11.8 Å². The molecule has 2 saturated heterocycles. The Morgan fingerprint density at radius 2 is 1.79 bits per heavy atom. The van der Waals surface area contributed by atoms with Gasteiger partial charge in [-0.1, -0.05) is 58.0 Å². The van der Waals surface area contributed by atoms with E-state index in [0.29, 0.717) is 5.17 Å². The number of carbonyl (C=O) groups excluding carboxylic acids is 2. The maximum absolute atomic E-state index is 13.6. The van der Waals surface area contributed by atoms with Gasteiger partial charge >= 0.3 is 6.09 Å². The van der Waals surface area contributed by atoms with Crippen LogP contribution in [0.25, 0.3) is 0 Å². The molecule has 204 valence electrons. The summed E-state index contributed by atoms with van der Waals surface area (Å²) in [7, 11) is -3.21. The van der Waals surface area contributed by atoms with E-state index >= 15 is 0 Å². The number of benzene rings is 2. The van der Waals surface area contributed by atoms with Gasteiger partial charge in [-0.05, 0) is 63.4 Å². The number of halogens is 1. The Labute approximate surface area is 236 Å². The van der Waals surface area contributed by atoms with Crippen molar-refractivity contribution < 1.29 is 22.7 Å². The molecule has 1 N–H and O–H groups in total. The van der Waals surface area contributed by atoms with Crippen LogP contribution >= 0.6 is 27.7 Å². The maximum Gasteiger partial charge on any atom is 0.408 e. The van der Waals surface area contributed by atoms with Crippen molar-refractivity contribution in [2.45, 2.75) is 64.0 Å². The summed E-state index contributed by atoms with van der Waals surface area (Å²) in [4.78, 5) is 32.7. The van der Waals surface area contributed by atoms with Crippen molar-refractivity contribution >= 4 is 60.4 Å². The number of sulfone groups is 1. The van der Waals surface area contributed by atoms with E-state index in [4.69, 9.17) is 4.74 Å². The lowest BCUT2D eigenvalue weighted by Crippen LogP contribution is -2.45. The number of fused-ring (bicyclic) bond motifs is 1. The van der Waals surface area contributed by atoms with Crippen LogP contribution in [0.15, 0.2) is 51.9 Å². The Bertz CT molecular complexity index is 1350. The molecule has 2 aromatic carbocycles. The van der Waals surface area contributed by atoms with Crippen molar-refractivity contribution in [2.24, 2.45) is 4.99 Å². The molecule has 11 heteroatoms. The number of hydrogen-bond donors (Lipinski definition) is 1. The summed E-state index contributed by atoms with van der Waals surface area (Å²) in [5.74, 6) is -0.497. The number of ether oxygens (including phenoxy) is 1. The molecule has 2 aliphatic rings. The zero-order valence-corrected chi connectivity index (χ0v) is 25.2. The third-order valence-electron chi connectivity index (χ3n) is 6.24. The van der Waals surface area contributed by atoms with Gasteiger partial charge in [-0.2, -0.15) is 4.99 Å². The highest BCUT2D eigenvalue weighted by molar-refractivity contribution is 9.10. The lowest BCUT2D eigenvalue weighted by molar-refractivity contribution is -0.119. The number of aliphatic imine (C=N–C) groups is 1. The van der Waals surface area contributed by atoms with Gasteiger partial charge in [0, 0.05) is 21.8 Å². The molecule has 0 bridgehead atoms. The van der Waals surface area contributed by atoms with Crippen LogP contribution in [-0.4, -0.2) is 60.0 Å². The maximum atomic E-state index is 13.6. The zero-order valence-electron chi connectivity index (χ0n) is 22.0. The number of thioether (sulfide) groups is 1. The average molecular weight is 623 g/mol. The molecule has 2 aliphatic heterocycles. The molecule has 38 heavy (non-hydrogen) atoms. The molecule has 4 rings (SSSR count). The monoisotopic (exact) mass is 621 g/mol. The number of amides is 2. The summed E-state index contributed by atoms with van der Waals surface area (Å²) in [5.41, 5.74) is 2.86. The van der Waals surface area contributed by atoms with Gasteiger partial charge in [0.2, 0.25) is 0 Å². The fourth-order valence-electron chi connectivity index (χ4n) is 4.78. The summed E-state index contributed by atoms with van der Waals surface area (Å²) >= 11 is 4.83. The number of amidine groups is 1. The van der Waals surface area contributed by atoms with Gasteiger partial charge in [0.1, 0.15) is 11.6 Å². The van der Waals surface area contributed by atoms with Crippen molar-refractivity contribution in [3.05, 3.63) is 63.6 Å². The molecule has 0 spiro atoms. The largest absolute Gasteiger partial charge is 0.444 e. The SMILES string of the molecule is Cc1cc(Br)cc(C)c1N1C(=NC(=O)[C@@H](Cc2ccccc2)NC(=O)OC(C)(C)C)S[C@@H]2CS(=O)(=O)C[C@H]21. The molecule has 0 radical (unpaired) electrons. The van der Waals surface area contributed by atoms with Crippen molar-refractivity contribution in [1.82, 2.24) is 5.32 Å². The molecule has 0 aromatic heterocycles. The fourth-order valence-corrected chi connectivity index (χ4v) is 9.37. The molecule has 2 fully saturated rings. The van der Waals surface area contributed by atoms with Gasteiger partial charge in [0.05, 0.1) is 17.5 Å². The molecule has 2 heterocycles. The van der Waals surface area contributed by atoms with Crippen LogP contribution in [-0.2, 0) is 25.8 Å². The topological polar surface area (TPSA) is 105 Å². The van der Waals surface area contributed by atoms with Gasteiger partial charge in [-0.15, -0.1) is 0 Å². The van der Waals surface area contributed by atoms with Crippen molar-refractivity contribution in [3.8, 4) is 0 Å². The summed E-state index contributed by atoms with van der Waals surface area (Å²) in [5, 5.41) is 2.90. The van der Waals surface area contributed by atoms with Gasteiger partial charge in [-0.3, -0.25) is 4.79 Å². The second-order valence-electron chi connectivity index (χ2n) is 10.7. The minimum atomic E-state index is -3.21. The van der Waals surface area contributed by atoms with E-state index in [1.54, 1.807) is 20.8 Å². The van der Waals surface area contributed by atoms with Gasteiger partial charge in [0.15, 0.2) is 15.0 Å². The normalized spacial score (nSPS) is 22.3. The molecule has 0 aliphatic carbocycles. The summed E-state index contributed by atoms with van der Waals surface area (Å²) in [6.45, 7) is 9.17. The molecule has 0 saturated carbocycles. The van der Waals surface area contributed by atoms with E-state index in [2.05, 4.69) is 26.2 Å².